The van der Waals surface area contributed by atoms with Crippen molar-refractivity contribution in [3.8, 4) is 5.75 Å². The Labute approximate surface area is 164 Å². The standard InChI is InChI=1S/C21H26N4O3/c1-14-6-7-15(2)20(10-14)27-13-18-12-19(23-28-18)21(26)24(5)8-9-25-17(4)11-16(3)22-25/h6-7,10-12H,8-9,13H2,1-5H3. The molecule has 2 heterocycles. The van der Waals surface area contributed by atoms with Crippen LogP contribution in [0.3, 0.4) is 0 Å². The van der Waals surface area contributed by atoms with E-state index in [0.717, 1.165) is 28.3 Å². The fourth-order valence-corrected chi connectivity index (χ4v) is 2.94. The third kappa shape index (κ3) is 4.60. The number of ether oxygens (including phenoxy) is 1. The number of hydrogen-bond donors (Lipinski definition) is 0. The van der Waals surface area contributed by atoms with Crippen LogP contribution >= 0.6 is 0 Å². The fourth-order valence-electron chi connectivity index (χ4n) is 2.94. The minimum absolute atomic E-state index is 0.191. The summed E-state index contributed by atoms with van der Waals surface area (Å²) in [6.45, 7) is 9.34. The van der Waals surface area contributed by atoms with Crippen LogP contribution in [0, 0.1) is 27.7 Å². The zero-order valence-corrected chi connectivity index (χ0v) is 17.0. The van der Waals surface area contributed by atoms with Gasteiger partial charge in [0.2, 0.25) is 0 Å². The van der Waals surface area contributed by atoms with E-state index in [9.17, 15) is 4.79 Å². The first-order chi connectivity index (χ1) is 13.3. The normalized spacial score (nSPS) is 10.9. The van der Waals surface area contributed by atoms with Gasteiger partial charge >= 0.3 is 0 Å². The summed E-state index contributed by atoms with van der Waals surface area (Å²) in [4.78, 5) is 14.2. The highest BCUT2D eigenvalue weighted by atomic mass is 16.5. The van der Waals surface area contributed by atoms with Gasteiger partial charge in [-0.1, -0.05) is 17.3 Å². The van der Waals surface area contributed by atoms with E-state index < -0.39 is 0 Å². The molecule has 1 amide bonds. The van der Waals surface area contributed by atoms with Gasteiger partial charge in [-0.15, -0.1) is 0 Å². The summed E-state index contributed by atoms with van der Waals surface area (Å²) < 4.78 is 13.0. The Morgan fingerprint density at radius 3 is 2.68 bits per heavy atom. The van der Waals surface area contributed by atoms with Gasteiger partial charge in [-0.05, 0) is 51.0 Å². The molecule has 0 saturated carbocycles. The van der Waals surface area contributed by atoms with Gasteiger partial charge in [0.25, 0.3) is 5.91 Å². The van der Waals surface area contributed by atoms with Crippen LogP contribution < -0.4 is 4.74 Å². The average Bonchev–Trinajstić information content (AvgIpc) is 3.25. The van der Waals surface area contributed by atoms with Gasteiger partial charge in [0.05, 0.1) is 12.2 Å². The summed E-state index contributed by atoms with van der Waals surface area (Å²) in [7, 11) is 1.75. The molecular formula is C21H26N4O3. The first-order valence-electron chi connectivity index (χ1n) is 9.25. The lowest BCUT2D eigenvalue weighted by Gasteiger charge is -2.16. The molecule has 1 aromatic carbocycles. The molecule has 0 unspecified atom stereocenters. The maximum absolute atomic E-state index is 12.6. The lowest BCUT2D eigenvalue weighted by atomic mass is 10.1. The molecule has 0 radical (unpaired) electrons. The minimum atomic E-state index is -0.191. The van der Waals surface area contributed by atoms with E-state index in [1.165, 1.54) is 0 Å². The van der Waals surface area contributed by atoms with Crippen molar-refractivity contribution in [2.24, 2.45) is 0 Å². The summed E-state index contributed by atoms with van der Waals surface area (Å²) in [6, 6.07) is 9.67. The van der Waals surface area contributed by atoms with Gasteiger partial charge in [0, 0.05) is 25.4 Å². The third-order valence-electron chi connectivity index (χ3n) is 4.59. The van der Waals surface area contributed by atoms with Gasteiger partial charge in [-0.2, -0.15) is 5.10 Å². The van der Waals surface area contributed by atoms with Crippen molar-refractivity contribution in [1.82, 2.24) is 19.8 Å². The lowest BCUT2D eigenvalue weighted by Crippen LogP contribution is -2.30. The second-order valence-corrected chi connectivity index (χ2v) is 7.11. The molecule has 3 rings (SSSR count). The molecule has 0 bridgehead atoms. The van der Waals surface area contributed by atoms with Crippen molar-refractivity contribution < 1.29 is 14.1 Å². The Morgan fingerprint density at radius 2 is 1.96 bits per heavy atom. The first kappa shape index (κ1) is 19.7. The van der Waals surface area contributed by atoms with Crippen LogP contribution in [0.2, 0.25) is 0 Å². The zero-order valence-electron chi connectivity index (χ0n) is 17.0. The summed E-state index contributed by atoms with van der Waals surface area (Å²) in [5, 5.41) is 8.31. The van der Waals surface area contributed by atoms with Crippen LogP contribution in [0.4, 0.5) is 0 Å². The number of benzene rings is 1. The Kier molecular flexibility index (Phi) is 5.82. The molecular weight excluding hydrogens is 356 g/mol. The first-order valence-corrected chi connectivity index (χ1v) is 9.25. The quantitative estimate of drug-likeness (QED) is 0.626. The van der Waals surface area contributed by atoms with Gasteiger partial charge < -0.3 is 14.2 Å². The summed E-state index contributed by atoms with van der Waals surface area (Å²) in [5.41, 5.74) is 4.49. The molecule has 7 nitrogen and oxygen atoms in total. The summed E-state index contributed by atoms with van der Waals surface area (Å²) >= 11 is 0. The Morgan fingerprint density at radius 1 is 1.18 bits per heavy atom. The second kappa shape index (κ2) is 8.29. The van der Waals surface area contributed by atoms with Crippen LogP contribution in [0.15, 0.2) is 34.9 Å². The van der Waals surface area contributed by atoms with E-state index in [1.807, 2.05) is 56.6 Å². The van der Waals surface area contributed by atoms with Gasteiger partial charge in [0.1, 0.15) is 12.4 Å². The van der Waals surface area contributed by atoms with E-state index in [4.69, 9.17) is 9.26 Å². The van der Waals surface area contributed by atoms with Crippen LogP contribution in [0.5, 0.6) is 5.75 Å². The second-order valence-electron chi connectivity index (χ2n) is 7.11. The topological polar surface area (TPSA) is 73.4 Å². The van der Waals surface area contributed by atoms with Crippen molar-refractivity contribution in [3.05, 3.63) is 64.3 Å². The molecule has 2 aromatic heterocycles. The Hall–Kier alpha value is -3.09. The van der Waals surface area contributed by atoms with Crippen molar-refractivity contribution in [2.75, 3.05) is 13.6 Å². The Balaban J connectivity index is 1.57. The van der Waals surface area contributed by atoms with Gasteiger partial charge in [0.15, 0.2) is 11.5 Å². The number of amides is 1. The average molecular weight is 382 g/mol. The maximum Gasteiger partial charge on any atom is 0.275 e. The number of rotatable bonds is 7. The third-order valence-corrected chi connectivity index (χ3v) is 4.59. The van der Waals surface area contributed by atoms with Crippen LogP contribution in [-0.2, 0) is 13.2 Å². The van der Waals surface area contributed by atoms with Crippen molar-refractivity contribution in [2.45, 2.75) is 40.8 Å². The van der Waals surface area contributed by atoms with Gasteiger partial charge in [-0.25, -0.2) is 0 Å². The number of hydrogen-bond acceptors (Lipinski definition) is 5. The molecule has 0 N–H and O–H groups in total. The highest BCUT2D eigenvalue weighted by molar-refractivity contribution is 5.92. The van der Waals surface area contributed by atoms with Crippen molar-refractivity contribution in [1.29, 1.82) is 0 Å². The molecule has 0 atom stereocenters. The summed E-state index contributed by atoms with van der Waals surface area (Å²) in [6.07, 6.45) is 0. The monoisotopic (exact) mass is 382 g/mol. The van der Waals surface area contributed by atoms with Crippen molar-refractivity contribution in [3.63, 3.8) is 0 Å². The zero-order chi connectivity index (χ0) is 20.3. The number of carbonyl (C=O) groups is 1. The number of likely N-dealkylation sites (N-methyl/N-ethyl adjacent to an activating group) is 1. The molecule has 3 aromatic rings. The SMILES string of the molecule is Cc1ccc(C)c(OCc2cc(C(=O)N(C)CCn3nc(C)cc3C)no2)c1. The molecule has 0 fully saturated rings. The van der Waals surface area contributed by atoms with E-state index >= 15 is 0 Å². The molecule has 0 saturated heterocycles. The largest absolute Gasteiger partial charge is 0.485 e. The number of nitrogens with zero attached hydrogens (tertiary/aromatic N) is 4. The predicted octanol–water partition coefficient (Wildman–Crippen LogP) is 3.46. The lowest BCUT2D eigenvalue weighted by molar-refractivity contribution is 0.0778. The number of aryl methyl sites for hydroxylation is 4. The molecule has 0 spiro atoms. The highest BCUT2D eigenvalue weighted by Gasteiger charge is 2.17. The molecule has 0 aliphatic rings. The van der Waals surface area contributed by atoms with Crippen LogP contribution in [0.1, 0.15) is 38.8 Å². The minimum Gasteiger partial charge on any atom is -0.485 e. The van der Waals surface area contributed by atoms with E-state index in [1.54, 1.807) is 18.0 Å². The number of carbonyl (C=O) groups excluding carboxylic acids is 1. The fraction of sp³-hybridized carbons (Fsp3) is 0.381. The van der Waals surface area contributed by atoms with Crippen molar-refractivity contribution >= 4 is 5.91 Å². The summed E-state index contributed by atoms with van der Waals surface area (Å²) in [5.74, 6) is 1.12. The van der Waals surface area contributed by atoms with Gasteiger partial charge in [-0.3, -0.25) is 9.48 Å². The molecule has 7 heteroatoms. The van der Waals surface area contributed by atoms with E-state index in [-0.39, 0.29) is 18.2 Å². The van der Waals surface area contributed by atoms with E-state index in [0.29, 0.717) is 18.8 Å². The Bertz CT molecular complexity index is 974. The predicted molar refractivity (Wildman–Crippen MR) is 105 cm³/mol. The van der Waals surface area contributed by atoms with Crippen LogP contribution in [-0.4, -0.2) is 39.3 Å². The molecule has 0 aliphatic heterocycles. The highest BCUT2D eigenvalue weighted by Crippen LogP contribution is 2.20. The van der Waals surface area contributed by atoms with Crippen LogP contribution in [0.25, 0.3) is 0 Å². The molecule has 148 valence electrons. The maximum atomic E-state index is 12.6. The van der Waals surface area contributed by atoms with E-state index in [2.05, 4.69) is 10.3 Å². The molecule has 0 aliphatic carbocycles. The molecule has 28 heavy (non-hydrogen) atoms. The number of aromatic nitrogens is 3. The smallest absolute Gasteiger partial charge is 0.275 e.